The van der Waals surface area contributed by atoms with Crippen LogP contribution in [0.4, 0.5) is 0 Å². The predicted molar refractivity (Wildman–Crippen MR) is 131 cm³/mol. The molecule has 3 heterocycles. The average molecular weight is 517 g/mol. The van der Waals surface area contributed by atoms with Gasteiger partial charge in [-0.05, 0) is 73.7 Å². The van der Waals surface area contributed by atoms with E-state index in [1.54, 1.807) is 13.2 Å². The van der Waals surface area contributed by atoms with Crippen LogP contribution in [-0.2, 0) is 28.5 Å². The zero-order valence-electron chi connectivity index (χ0n) is 22.1. The normalized spacial score (nSPS) is 54.6. The lowest BCUT2D eigenvalue weighted by Crippen LogP contribution is -2.68. The molecule has 0 aromatic rings. The Kier molecular flexibility index (Phi) is 5.42. The number of aliphatic hydroxyl groups is 2. The molecule has 8 nitrogen and oxygen atoms in total. The highest BCUT2D eigenvalue weighted by atomic mass is 16.8. The van der Waals surface area contributed by atoms with E-state index in [0.717, 1.165) is 50.5 Å². The molecule has 3 aliphatic heterocycles. The maximum absolute atomic E-state index is 12.5. The Hall–Kier alpha value is -1.29. The van der Waals surface area contributed by atoms with Gasteiger partial charge in [-0.15, -0.1) is 0 Å². The third-order valence-electron chi connectivity index (χ3n) is 11.8. The van der Waals surface area contributed by atoms with Gasteiger partial charge in [0.15, 0.2) is 0 Å². The van der Waals surface area contributed by atoms with Gasteiger partial charge in [0.05, 0.1) is 18.3 Å². The molecule has 0 bridgehead atoms. The number of allylic oxidation sites excluding steroid dienone is 1. The van der Waals surface area contributed by atoms with Crippen LogP contribution in [0.5, 0.6) is 0 Å². The fourth-order valence-electron chi connectivity index (χ4n) is 9.81. The number of ether oxygens (including phenoxy) is 5. The zero-order chi connectivity index (χ0) is 25.8. The van der Waals surface area contributed by atoms with Crippen molar-refractivity contribution >= 4 is 5.97 Å². The van der Waals surface area contributed by atoms with Gasteiger partial charge in [0.2, 0.25) is 12.1 Å². The van der Waals surface area contributed by atoms with Crippen molar-refractivity contribution in [1.82, 2.24) is 0 Å². The molecule has 8 heteroatoms. The lowest BCUT2D eigenvalue weighted by Gasteiger charge is -2.63. The van der Waals surface area contributed by atoms with Gasteiger partial charge in [-0.1, -0.05) is 25.5 Å². The van der Waals surface area contributed by atoms with Crippen LogP contribution in [-0.4, -0.2) is 72.5 Å². The van der Waals surface area contributed by atoms with E-state index in [-0.39, 0.29) is 40.8 Å². The Morgan fingerprint density at radius 3 is 2.68 bits per heavy atom. The van der Waals surface area contributed by atoms with Crippen molar-refractivity contribution in [3.63, 3.8) is 0 Å². The van der Waals surface area contributed by atoms with Crippen molar-refractivity contribution in [2.75, 3.05) is 20.3 Å². The van der Waals surface area contributed by atoms with Gasteiger partial charge >= 0.3 is 5.97 Å². The third-order valence-corrected chi connectivity index (χ3v) is 11.8. The number of fused-ring (bicyclic) bond motifs is 7. The summed E-state index contributed by atoms with van der Waals surface area (Å²) >= 11 is 0. The van der Waals surface area contributed by atoms with Gasteiger partial charge in [0, 0.05) is 25.0 Å². The van der Waals surface area contributed by atoms with Crippen molar-refractivity contribution in [2.24, 2.45) is 28.6 Å². The molecule has 4 unspecified atom stereocenters. The molecule has 0 spiro atoms. The average Bonchev–Trinajstić information content (AvgIpc) is 3.40. The van der Waals surface area contributed by atoms with E-state index in [1.807, 2.05) is 0 Å². The maximum atomic E-state index is 12.5. The minimum atomic E-state index is -1.62. The fourth-order valence-corrected chi connectivity index (χ4v) is 9.81. The SMILES string of the molecule is CO[C@@H]1CCO[C@H]2OC3C=C4CCC5C(CC[C@]6(C)[C@@H](C7=CC(=O)OC7)CC[C@]56O)[C@@]4(C)CC3O[C@]21O. The van der Waals surface area contributed by atoms with Crippen LogP contribution in [0.15, 0.2) is 23.3 Å². The summed E-state index contributed by atoms with van der Waals surface area (Å²) < 4.78 is 29.3. The standard InChI is InChI=1S/C29H40O8/c1-26-14-22-21(36-25-29(32,37-22)23(33-3)8-11-34-25)13-17(26)4-5-20-19(26)6-9-27(2)18(7-10-28(20,27)31)16-12-24(30)35-15-16/h12-13,18-23,25,31-32H,4-11,14-15H2,1-3H3/t18-,19?,20?,21?,22?,23-,25+,26+,27-,28+,29+/m1/s1. The first-order chi connectivity index (χ1) is 17.6. The number of cyclic esters (lactones) is 1. The molecule has 3 saturated carbocycles. The maximum Gasteiger partial charge on any atom is 0.331 e. The van der Waals surface area contributed by atoms with Gasteiger partial charge in [-0.3, -0.25) is 0 Å². The number of esters is 1. The van der Waals surface area contributed by atoms with Crippen LogP contribution >= 0.6 is 0 Å². The van der Waals surface area contributed by atoms with Crippen LogP contribution in [0.2, 0.25) is 0 Å². The molecule has 11 atom stereocenters. The summed E-state index contributed by atoms with van der Waals surface area (Å²) in [6.07, 6.45) is 8.71. The molecule has 2 N–H and O–H groups in total. The summed E-state index contributed by atoms with van der Waals surface area (Å²) in [6.45, 7) is 5.40. The summed E-state index contributed by atoms with van der Waals surface area (Å²) in [6, 6.07) is 0. The summed E-state index contributed by atoms with van der Waals surface area (Å²) in [5, 5.41) is 23.9. The zero-order valence-corrected chi connectivity index (χ0v) is 22.1. The first-order valence-corrected chi connectivity index (χ1v) is 14.1. The Balaban J connectivity index is 1.18. The third kappa shape index (κ3) is 3.20. The van der Waals surface area contributed by atoms with Crippen LogP contribution in [0, 0.1) is 28.6 Å². The largest absolute Gasteiger partial charge is 0.458 e. The first-order valence-electron chi connectivity index (χ1n) is 14.1. The van der Waals surface area contributed by atoms with E-state index in [9.17, 15) is 15.0 Å². The molecule has 5 fully saturated rings. The van der Waals surface area contributed by atoms with Crippen molar-refractivity contribution < 1.29 is 38.7 Å². The first kappa shape index (κ1) is 24.7. The Morgan fingerprint density at radius 1 is 1.08 bits per heavy atom. The summed E-state index contributed by atoms with van der Waals surface area (Å²) in [5.41, 5.74) is 1.27. The van der Waals surface area contributed by atoms with Crippen molar-refractivity contribution in [1.29, 1.82) is 0 Å². The molecular weight excluding hydrogens is 476 g/mol. The number of methoxy groups -OCH3 is 1. The number of carbonyl (C=O) groups excluding carboxylic acids is 1. The highest BCUT2D eigenvalue weighted by molar-refractivity contribution is 5.85. The van der Waals surface area contributed by atoms with Crippen molar-refractivity contribution in [3.05, 3.63) is 23.3 Å². The van der Waals surface area contributed by atoms with E-state index >= 15 is 0 Å². The van der Waals surface area contributed by atoms with Crippen LogP contribution in [0.1, 0.15) is 65.2 Å². The summed E-state index contributed by atoms with van der Waals surface area (Å²) in [5.74, 6) is -1.20. The molecule has 2 saturated heterocycles. The van der Waals surface area contributed by atoms with Gasteiger partial charge in [0.25, 0.3) is 0 Å². The van der Waals surface area contributed by atoms with Crippen LogP contribution in [0.25, 0.3) is 0 Å². The molecule has 0 amide bonds. The number of rotatable bonds is 2. The highest BCUT2D eigenvalue weighted by Crippen LogP contribution is 2.69. The predicted octanol–water partition coefficient (Wildman–Crippen LogP) is 3.01. The minimum Gasteiger partial charge on any atom is -0.458 e. The molecule has 37 heavy (non-hydrogen) atoms. The quantitative estimate of drug-likeness (QED) is 0.427. The molecule has 7 rings (SSSR count). The van der Waals surface area contributed by atoms with E-state index in [4.69, 9.17) is 23.7 Å². The van der Waals surface area contributed by atoms with E-state index in [2.05, 4.69) is 19.9 Å². The Labute approximate surface area is 218 Å². The Bertz CT molecular complexity index is 1050. The second-order valence-corrected chi connectivity index (χ2v) is 13.1. The molecule has 0 aromatic carbocycles. The number of hydrogen-bond donors (Lipinski definition) is 2. The fraction of sp³-hybridized carbons (Fsp3) is 0.828. The smallest absolute Gasteiger partial charge is 0.331 e. The molecular formula is C29H40O8. The highest BCUT2D eigenvalue weighted by Gasteiger charge is 2.68. The number of hydrogen-bond acceptors (Lipinski definition) is 8. The van der Waals surface area contributed by atoms with Gasteiger partial charge in [-0.2, -0.15) is 0 Å². The molecule has 4 aliphatic carbocycles. The second-order valence-electron chi connectivity index (χ2n) is 13.1. The molecule has 0 aromatic heterocycles. The minimum absolute atomic E-state index is 0.143. The molecule has 7 aliphatic rings. The summed E-state index contributed by atoms with van der Waals surface area (Å²) in [7, 11) is 1.59. The van der Waals surface area contributed by atoms with Gasteiger partial charge < -0.3 is 33.9 Å². The lowest BCUT2D eigenvalue weighted by molar-refractivity contribution is -0.442. The Morgan fingerprint density at radius 2 is 1.92 bits per heavy atom. The topological polar surface area (TPSA) is 104 Å². The molecule has 0 radical (unpaired) electrons. The van der Waals surface area contributed by atoms with Crippen molar-refractivity contribution in [2.45, 2.75) is 101 Å². The summed E-state index contributed by atoms with van der Waals surface area (Å²) in [4.78, 5) is 11.8. The lowest BCUT2D eigenvalue weighted by atomic mass is 9.45. The van der Waals surface area contributed by atoms with Crippen LogP contribution in [0.3, 0.4) is 0 Å². The van der Waals surface area contributed by atoms with Gasteiger partial charge in [-0.25, -0.2) is 4.79 Å². The monoisotopic (exact) mass is 516 g/mol. The van der Waals surface area contributed by atoms with Crippen molar-refractivity contribution in [3.8, 4) is 0 Å². The van der Waals surface area contributed by atoms with Crippen LogP contribution < -0.4 is 0 Å². The van der Waals surface area contributed by atoms with E-state index < -0.39 is 23.8 Å². The van der Waals surface area contributed by atoms with E-state index in [1.165, 1.54) is 5.57 Å². The van der Waals surface area contributed by atoms with Gasteiger partial charge in [0.1, 0.15) is 18.8 Å². The number of carbonyl (C=O) groups is 1. The van der Waals surface area contributed by atoms with E-state index in [0.29, 0.717) is 25.6 Å². The second kappa shape index (κ2) is 8.12. The molecule has 204 valence electrons.